The zero-order valence-corrected chi connectivity index (χ0v) is 17.0. The van der Waals surface area contributed by atoms with Crippen molar-refractivity contribution in [3.63, 3.8) is 0 Å². The molecular formula is C15H21Cl2N2O6P. The monoisotopic (exact) mass is 426 g/mol. The molecule has 0 aliphatic carbocycles. The van der Waals surface area contributed by atoms with Gasteiger partial charge in [0, 0.05) is 5.69 Å². The Morgan fingerprint density at radius 1 is 1.08 bits per heavy atom. The summed E-state index contributed by atoms with van der Waals surface area (Å²) in [5, 5.41) is 5.30. The molecule has 2 N–H and O–H groups in total. The maximum atomic E-state index is 12.9. The third-order valence-electron chi connectivity index (χ3n) is 2.89. The number of benzene rings is 1. The zero-order valence-electron chi connectivity index (χ0n) is 14.6. The molecule has 11 heteroatoms. The molecule has 0 unspecified atom stereocenters. The zero-order chi connectivity index (χ0) is 19.7. The van der Waals surface area contributed by atoms with Gasteiger partial charge in [0.1, 0.15) is 0 Å². The van der Waals surface area contributed by atoms with Gasteiger partial charge in [-0.1, -0.05) is 23.2 Å². The normalized spacial score (nSPS) is 12.3. The highest BCUT2D eigenvalue weighted by atomic mass is 35.5. The SMILES string of the molecule is CCOC(=O)[C@H](NC(=O)Nc1ccc(Cl)c(Cl)c1)P(=O)(OCC)OCC. The molecule has 1 atom stereocenters. The summed E-state index contributed by atoms with van der Waals surface area (Å²) in [5.74, 6) is -2.55. The van der Waals surface area contributed by atoms with Crippen molar-refractivity contribution in [2.45, 2.75) is 26.6 Å². The van der Waals surface area contributed by atoms with E-state index in [4.69, 9.17) is 37.0 Å². The molecule has 0 aromatic heterocycles. The molecule has 8 nitrogen and oxygen atoms in total. The van der Waals surface area contributed by atoms with Crippen LogP contribution < -0.4 is 10.6 Å². The molecule has 0 fully saturated rings. The largest absolute Gasteiger partial charge is 0.464 e. The number of hydrogen-bond donors (Lipinski definition) is 2. The lowest BCUT2D eigenvalue weighted by molar-refractivity contribution is -0.143. The highest BCUT2D eigenvalue weighted by molar-refractivity contribution is 7.55. The lowest BCUT2D eigenvalue weighted by Gasteiger charge is -2.25. The number of urea groups is 1. The molecule has 0 bridgehead atoms. The summed E-state index contributed by atoms with van der Waals surface area (Å²) >= 11 is 11.7. The molecule has 26 heavy (non-hydrogen) atoms. The van der Waals surface area contributed by atoms with Gasteiger partial charge in [-0.25, -0.2) is 9.59 Å². The highest BCUT2D eigenvalue weighted by Crippen LogP contribution is 2.52. The first-order valence-corrected chi connectivity index (χ1v) is 10.2. The second-order valence-corrected chi connectivity index (χ2v) is 7.68. The molecule has 0 aliphatic heterocycles. The number of carbonyl (C=O) groups excluding carboxylic acids is 2. The van der Waals surface area contributed by atoms with E-state index >= 15 is 0 Å². The Hall–Kier alpha value is -1.31. The van der Waals surface area contributed by atoms with Gasteiger partial charge in [0.05, 0.1) is 29.9 Å². The number of carbonyl (C=O) groups is 2. The highest BCUT2D eigenvalue weighted by Gasteiger charge is 2.43. The summed E-state index contributed by atoms with van der Waals surface area (Å²) in [4.78, 5) is 24.4. The van der Waals surface area contributed by atoms with Gasteiger partial charge in [-0.05, 0) is 39.0 Å². The average molecular weight is 427 g/mol. The van der Waals surface area contributed by atoms with Crippen LogP contribution in [0.3, 0.4) is 0 Å². The van der Waals surface area contributed by atoms with Crippen molar-refractivity contribution in [1.29, 1.82) is 0 Å². The maximum Gasteiger partial charge on any atom is 0.364 e. The predicted molar refractivity (Wildman–Crippen MR) is 99.9 cm³/mol. The van der Waals surface area contributed by atoms with Gasteiger partial charge in [-0.15, -0.1) is 0 Å². The Morgan fingerprint density at radius 3 is 2.19 bits per heavy atom. The van der Waals surface area contributed by atoms with Crippen molar-refractivity contribution in [2.75, 3.05) is 25.1 Å². The second-order valence-electron chi connectivity index (χ2n) is 4.76. The van der Waals surface area contributed by atoms with Gasteiger partial charge in [-0.3, -0.25) is 4.57 Å². The van der Waals surface area contributed by atoms with Crippen LogP contribution >= 0.6 is 30.8 Å². The van der Waals surface area contributed by atoms with Crippen molar-refractivity contribution in [1.82, 2.24) is 5.32 Å². The van der Waals surface area contributed by atoms with Gasteiger partial charge in [0.15, 0.2) is 0 Å². The Labute approximate surface area is 162 Å². The average Bonchev–Trinajstić information content (AvgIpc) is 2.56. The van der Waals surface area contributed by atoms with E-state index in [0.717, 1.165) is 0 Å². The summed E-state index contributed by atoms with van der Waals surface area (Å²) in [6.45, 7) is 4.82. The smallest absolute Gasteiger partial charge is 0.364 e. The Balaban J connectivity index is 2.99. The number of rotatable bonds is 9. The first kappa shape index (κ1) is 22.7. The fourth-order valence-electron chi connectivity index (χ4n) is 1.90. The molecular weight excluding hydrogens is 406 g/mol. The van der Waals surface area contributed by atoms with Crippen molar-refractivity contribution >= 4 is 48.5 Å². The maximum absolute atomic E-state index is 12.9. The van der Waals surface area contributed by atoms with Crippen molar-refractivity contribution in [2.24, 2.45) is 0 Å². The molecule has 2 amide bonds. The Bertz CT molecular complexity index is 678. The van der Waals surface area contributed by atoms with E-state index in [1.165, 1.54) is 18.2 Å². The Morgan fingerprint density at radius 2 is 1.69 bits per heavy atom. The summed E-state index contributed by atoms with van der Waals surface area (Å²) in [6, 6.07) is 3.61. The van der Waals surface area contributed by atoms with Crippen LogP contribution in [0.4, 0.5) is 10.5 Å². The fraction of sp³-hybridized carbons (Fsp3) is 0.467. The minimum absolute atomic E-state index is 0.0171. The first-order valence-electron chi connectivity index (χ1n) is 7.85. The molecule has 1 aromatic rings. The number of hydrogen-bond acceptors (Lipinski definition) is 6. The van der Waals surface area contributed by atoms with Crippen LogP contribution in [-0.4, -0.2) is 37.6 Å². The van der Waals surface area contributed by atoms with E-state index in [2.05, 4.69) is 10.6 Å². The van der Waals surface area contributed by atoms with Crippen LogP contribution in [0.15, 0.2) is 18.2 Å². The van der Waals surface area contributed by atoms with Gasteiger partial charge in [0.2, 0.25) is 5.78 Å². The van der Waals surface area contributed by atoms with Gasteiger partial charge < -0.3 is 24.4 Å². The van der Waals surface area contributed by atoms with E-state index in [0.29, 0.717) is 10.7 Å². The molecule has 0 saturated carbocycles. The molecule has 1 aromatic carbocycles. The quantitative estimate of drug-likeness (QED) is 0.451. The van der Waals surface area contributed by atoms with Crippen LogP contribution in [0.1, 0.15) is 20.8 Å². The van der Waals surface area contributed by atoms with E-state index < -0.39 is 25.4 Å². The van der Waals surface area contributed by atoms with E-state index in [1.807, 2.05) is 0 Å². The summed E-state index contributed by atoms with van der Waals surface area (Å²) in [7, 11) is -3.98. The van der Waals surface area contributed by atoms with Gasteiger partial charge in [0.25, 0.3) is 0 Å². The Kier molecular flexibility index (Phi) is 9.39. The topological polar surface area (TPSA) is 103 Å². The molecule has 0 radical (unpaired) electrons. The van der Waals surface area contributed by atoms with Crippen molar-refractivity contribution < 1.29 is 27.9 Å². The van der Waals surface area contributed by atoms with Crippen LogP contribution in [0, 0.1) is 0 Å². The lowest BCUT2D eigenvalue weighted by atomic mass is 10.3. The molecule has 0 saturated heterocycles. The fourth-order valence-corrected chi connectivity index (χ4v) is 3.90. The molecule has 0 aliphatic rings. The minimum Gasteiger partial charge on any atom is -0.464 e. The number of amides is 2. The predicted octanol–water partition coefficient (Wildman–Crippen LogP) is 4.27. The molecule has 0 spiro atoms. The summed E-state index contributed by atoms with van der Waals surface area (Å²) < 4.78 is 28.0. The minimum atomic E-state index is -3.98. The van der Waals surface area contributed by atoms with Gasteiger partial charge >= 0.3 is 19.6 Å². The summed E-state index contributed by atoms with van der Waals surface area (Å²) in [6.07, 6.45) is 0. The molecule has 1 rings (SSSR count). The van der Waals surface area contributed by atoms with Crippen LogP contribution in [0.25, 0.3) is 0 Å². The van der Waals surface area contributed by atoms with Gasteiger partial charge in [-0.2, -0.15) is 0 Å². The number of ether oxygens (including phenoxy) is 1. The number of halogens is 2. The summed E-state index contributed by atoms with van der Waals surface area (Å²) in [5.41, 5.74) is 0.321. The van der Waals surface area contributed by atoms with Crippen LogP contribution in [0.5, 0.6) is 0 Å². The molecule has 0 heterocycles. The van der Waals surface area contributed by atoms with E-state index in [-0.39, 0.29) is 24.8 Å². The number of anilines is 1. The first-order chi connectivity index (χ1) is 12.3. The van der Waals surface area contributed by atoms with Crippen molar-refractivity contribution in [3.8, 4) is 0 Å². The lowest BCUT2D eigenvalue weighted by Crippen LogP contribution is -2.44. The third-order valence-corrected chi connectivity index (χ3v) is 5.84. The van der Waals surface area contributed by atoms with Crippen molar-refractivity contribution in [3.05, 3.63) is 28.2 Å². The number of nitrogens with one attached hydrogen (secondary N) is 2. The third kappa shape index (κ3) is 6.45. The van der Waals surface area contributed by atoms with E-state index in [1.54, 1.807) is 20.8 Å². The standard InChI is InChI=1S/C15H21Cl2N2O6P/c1-4-23-14(20)13(26(22,24-5-2)25-6-3)19-15(21)18-10-7-8-11(16)12(17)9-10/h7-9,13H,4-6H2,1-3H3,(H2,18,19,21)/t13-/m1/s1. The number of esters is 1. The van der Waals surface area contributed by atoms with Crippen LogP contribution in [-0.2, 0) is 23.1 Å². The second kappa shape index (κ2) is 10.7. The van der Waals surface area contributed by atoms with E-state index in [9.17, 15) is 14.2 Å². The van der Waals surface area contributed by atoms with Crippen LogP contribution in [0.2, 0.25) is 10.0 Å². The molecule has 146 valence electrons.